The number of likely N-dealkylation sites (tertiary alicyclic amines) is 1. The van der Waals surface area contributed by atoms with Crippen molar-refractivity contribution < 1.29 is 14.7 Å². The van der Waals surface area contributed by atoms with Gasteiger partial charge in [-0.05, 0) is 37.0 Å². The summed E-state index contributed by atoms with van der Waals surface area (Å²) in [4.78, 5) is 25.3. The first-order chi connectivity index (χ1) is 10.8. The quantitative estimate of drug-likeness (QED) is 0.865. The van der Waals surface area contributed by atoms with Gasteiger partial charge in [-0.25, -0.2) is 0 Å². The van der Waals surface area contributed by atoms with Crippen LogP contribution in [0.15, 0.2) is 24.3 Å². The Morgan fingerprint density at radius 1 is 1.35 bits per heavy atom. The van der Waals surface area contributed by atoms with E-state index in [4.69, 9.17) is 11.6 Å². The predicted octanol–water partition coefficient (Wildman–Crippen LogP) is 2.56. The summed E-state index contributed by atoms with van der Waals surface area (Å²) < 4.78 is 0. The minimum Gasteiger partial charge on any atom is -0.481 e. The zero-order valence-corrected chi connectivity index (χ0v) is 14.2. The Bertz CT molecular complexity index is 561. The lowest BCUT2D eigenvalue weighted by Gasteiger charge is -2.34. The molecule has 3 unspecified atom stereocenters. The van der Waals surface area contributed by atoms with Crippen molar-refractivity contribution in [2.45, 2.75) is 26.3 Å². The topological polar surface area (TPSA) is 69.6 Å². The van der Waals surface area contributed by atoms with Crippen molar-refractivity contribution in [1.29, 1.82) is 0 Å². The summed E-state index contributed by atoms with van der Waals surface area (Å²) in [5.41, 5.74) is 0.984. The number of benzene rings is 1. The van der Waals surface area contributed by atoms with Gasteiger partial charge in [0, 0.05) is 18.1 Å². The number of carboxylic acid groups (broad SMARTS) is 1. The third kappa shape index (κ3) is 5.22. The lowest BCUT2D eigenvalue weighted by Crippen LogP contribution is -2.47. The lowest BCUT2D eigenvalue weighted by atomic mass is 9.90. The van der Waals surface area contributed by atoms with Crippen molar-refractivity contribution in [1.82, 2.24) is 10.2 Å². The molecule has 2 N–H and O–H groups in total. The highest BCUT2D eigenvalue weighted by Crippen LogP contribution is 2.22. The molecule has 0 saturated carbocycles. The second-order valence-corrected chi connectivity index (χ2v) is 6.85. The minimum atomic E-state index is -0.781. The second-order valence-electron chi connectivity index (χ2n) is 6.41. The molecule has 5 nitrogen and oxygen atoms in total. The molecule has 0 spiro atoms. The fourth-order valence-corrected chi connectivity index (χ4v) is 3.22. The Labute approximate surface area is 141 Å². The average molecular weight is 339 g/mol. The summed E-state index contributed by atoms with van der Waals surface area (Å²) in [7, 11) is 0. The Morgan fingerprint density at radius 2 is 2.00 bits per heavy atom. The van der Waals surface area contributed by atoms with Gasteiger partial charge >= 0.3 is 5.97 Å². The normalized spacial score (nSPS) is 23.3. The van der Waals surface area contributed by atoms with E-state index < -0.39 is 5.97 Å². The van der Waals surface area contributed by atoms with Crippen LogP contribution in [0.25, 0.3) is 0 Å². The van der Waals surface area contributed by atoms with Crippen LogP contribution in [0.2, 0.25) is 5.02 Å². The number of nitrogens with one attached hydrogen (secondary N) is 1. The number of halogens is 1. The third-order valence-corrected chi connectivity index (χ3v) is 4.45. The van der Waals surface area contributed by atoms with E-state index in [-0.39, 0.29) is 30.3 Å². The van der Waals surface area contributed by atoms with Gasteiger partial charge in [-0.15, -0.1) is 0 Å². The second kappa shape index (κ2) is 7.79. The van der Waals surface area contributed by atoms with Crippen LogP contribution < -0.4 is 5.32 Å². The molecule has 1 amide bonds. The first-order valence-electron chi connectivity index (χ1n) is 7.85. The largest absolute Gasteiger partial charge is 0.481 e. The van der Waals surface area contributed by atoms with Crippen LogP contribution in [0.3, 0.4) is 0 Å². The van der Waals surface area contributed by atoms with Crippen LogP contribution in [-0.2, 0) is 9.59 Å². The molecular weight excluding hydrogens is 316 g/mol. The molecule has 1 heterocycles. The van der Waals surface area contributed by atoms with E-state index in [9.17, 15) is 14.7 Å². The fraction of sp³-hybridized carbons (Fsp3) is 0.529. The maximum Gasteiger partial charge on any atom is 0.307 e. The van der Waals surface area contributed by atoms with Crippen LogP contribution in [0, 0.1) is 11.8 Å². The van der Waals surface area contributed by atoms with Crippen LogP contribution >= 0.6 is 11.6 Å². The van der Waals surface area contributed by atoms with E-state index >= 15 is 0 Å². The average Bonchev–Trinajstić information content (AvgIpc) is 2.46. The Morgan fingerprint density at radius 3 is 2.61 bits per heavy atom. The van der Waals surface area contributed by atoms with Crippen molar-refractivity contribution in [3.05, 3.63) is 34.9 Å². The minimum absolute atomic E-state index is 0.0920. The van der Waals surface area contributed by atoms with E-state index in [2.05, 4.69) is 5.32 Å². The number of rotatable bonds is 5. The summed E-state index contributed by atoms with van der Waals surface area (Å²) in [6.07, 6.45) is 0.675. The molecule has 126 valence electrons. The van der Waals surface area contributed by atoms with Gasteiger partial charge in [0.15, 0.2) is 0 Å². The Kier molecular flexibility index (Phi) is 6.02. The molecule has 1 aromatic carbocycles. The Hall–Kier alpha value is -1.59. The molecule has 0 aliphatic carbocycles. The number of carbonyl (C=O) groups excluding carboxylic acids is 1. The molecule has 0 radical (unpaired) electrons. The summed E-state index contributed by atoms with van der Waals surface area (Å²) in [6, 6.07) is 7.25. The molecule has 2 rings (SSSR count). The molecule has 3 atom stereocenters. The van der Waals surface area contributed by atoms with E-state index in [0.717, 1.165) is 12.1 Å². The van der Waals surface area contributed by atoms with Crippen LogP contribution in [-0.4, -0.2) is 41.5 Å². The lowest BCUT2D eigenvalue weighted by molar-refractivity contribution is -0.145. The number of aliphatic carboxylic acids is 1. The third-order valence-electron chi connectivity index (χ3n) is 4.20. The summed E-state index contributed by atoms with van der Waals surface area (Å²) in [5, 5.41) is 12.8. The van der Waals surface area contributed by atoms with Gasteiger partial charge in [-0.1, -0.05) is 30.7 Å². The van der Waals surface area contributed by atoms with Crippen molar-refractivity contribution in [3.63, 3.8) is 0 Å². The fourth-order valence-electron chi connectivity index (χ4n) is 3.09. The maximum atomic E-state index is 12.2. The molecule has 0 aromatic heterocycles. The summed E-state index contributed by atoms with van der Waals surface area (Å²) in [6.45, 7) is 5.36. The molecular formula is C17H23ClN2O3. The van der Waals surface area contributed by atoms with Gasteiger partial charge in [-0.3, -0.25) is 14.5 Å². The molecule has 1 fully saturated rings. The van der Waals surface area contributed by atoms with Crippen molar-refractivity contribution >= 4 is 23.5 Å². The monoisotopic (exact) mass is 338 g/mol. The summed E-state index contributed by atoms with van der Waals surface area (Å²) >= 11 is 5.86. The zero-order chi connectivity index (χ0) is 17.0. The highest BCUT2D eigenvalue weighted by atomic mass is 35.5. The van der Waals surface area contributed by atoms with E-state index in [1.165, 1.54) is 0 Å². The smallest absolute Gasteiger partial charge is 0.307 e. The first-order valence-corrected chi connectivity index (χ1v) is 8.23. The highest BCUT2D eigenvalue weighted by molar-refractivity contribution is 6.30. The predicted molar refractivity (Wildman–Crippen MR) is 89.4 cm³/mol. The van der Waals surface area contributed by atoms with E-state index in [0.29, 0.717) is 18.0 Å². The standard InChI is InChI=1S/C17H23ClN2O3/c1-11-7-14(17(22)23)9-20(8-11)10-16(21)19-12(2)13-3-5-15(18)6-4-13/h3-6,11-12,14H,7-10H2,1-2H3,(H,19,21)(H,22,23). The van der Waals surface area contributed by atoms with Gasteiger partial charge in [0.05, 0.1) is 18.5 Å². The number of carboxylic acids is 1. The molecule has 1 saturated heterocycles. The molecule has 1 aliphatic heterocycles. The number of nitrogens with zero attached hydrogens (tertiary/aromatic N) is 1. The SMILES string of the molecule is CC1CC(C(=O)O)CN(CC(=O)NC(C)c2ccc(Cl)cc2)C1. The number of hydrogen-bond donors (Lipinski definition) is 2. The van der Waals surface area contributed by atoms with Crippen molar-refractivity contribution in [2.24, 2.45) is 11.8 Å². The van der Waals surface area contributed by atoms with Gasteiger partial charge in [0.1, 0.15) is 0 Å². The van der Waals surface area contributed by atoms with Crippen LogP contribution in [0.1, 0.15) is 31.9 Å². The van der Waals surface area contributed by atoms with Gasteiger partial charge in [0.2, 0.25) is 5.91 Å². The van der Waals surface area contributed by atoms with Crippen LogP contribution in [0.5, 0.6) is 0 Å². The summed E-state index contributed by atoms with van der Waals surface area (Å²) in [5.74, 6) is -0.978. The zero-order valence-electron chi connectivity index (χ0n) is 13.5. The van der Waals surface area contributed by atoms with Crippen molar-refractivity contribution in [3.8, 4) is 0 Å². The van der Waals surface area contributed by atoms with E-state index in [1.54, 1.807) is 12.1 Å². The highest BCUT2D eigenvalue weighted by Gasteiger charge is 2.30. The van der Waals surface area contributed by atoms with E-state index in [1.807, 2.05) is 30.9 Å². The number of piperidine rings is 1. The van der Waals surface area contributed by atoms with Crippen LogP contribution in [0.4, 0.5) is 0 Å². The number of carbonyl (C=O) groups is 2. The molecule has 23 heavy (non-hydrogen) atoms. The molecule has 1 aromatic rings. The molecule has 6 heteroatoms. The number of amides is 1. The first kappa shape index (κ1) is 17.8. The van der Waals surface area contributed by atoms with Crippen molar-refractivity contribution in [2.75, 3.05) is 19.6 Å². The van der Waals surface area contributed by atoms with Gasteiger partial charge in [0.25, 0.3) is 0 Å². The molecule has 1 aliphatic rings. The maximum absolute atomic E-state index is 12.2. The van der Waals surface area contributed by atoms with Gasteiger partial charge in [-0.2, -0.15) is 0 Å². The Balaban J connectivity index is 1.88. The molecule has 0 bridgehead atoms. The number of hydrogen-bond acceptors (Lipinski definition) is 3. The van der Waals surface area contributed by atoms with Gasteiger partial charge < -0.3 is 10.4 Å².